The predicted octanol–water partition coefficient (Wildman–Crippen LogP) is 3.22. The van der Waals surface area contributed by atoms with Crippen molar-refractivity contribution in [2.24, 2.45) is 5.92 Å². The summed E-state index contributed by atoms with van der Waals surface area (Å²) >= 11 is 0. The fourth-order valence-corrected chi connectivity index (χ4v) is 8.24. The summed E-state index contributed by atoms with van der Waals surface area (Å²) < 4.78 is 0. The number of hydrogen-bond acceptors (Lipinski definition) is 5. The SMILES string of the molecule is CCN1CCN(C2CCC(NC3CCCC(NC4CCCC5CCN(C(C)=O)C54)C3)CC2)CC1. The summed E-state index contributed by atoms with van der Waals surface area (Å²) in [6.07, 6.45) is 15.8. The predicted molar refractivity (Wildman–Crippen MR) is 139 cm³/mol. The molecule has 2 heterocycles. The Bertz CT molecular complexity index is 657. The minimum absolute atomic E-state index is 0.284. The van der Waals surface area contributed by atoms with Crippen molar-refractivity contribution in [2.75, 3.05) is 39.3 Å². The monoisotopic (exact) mass is 473 g/mol. The van der Waals surface area contributed by atoms with Gasteiger partial charge in [0.05, 0.1) is 0 Å². The molecule has 34 heavy (non-hydrogen) atoms. The second-order valence-corrected chi connectivity index (χ2v) is 12.2. The molecule has 0 spiro atoms. The highest BCUT2D eigenvalue weighted by molar-refractivity contribution is 5.74. The maximum atomic E-state index is 12.2. The average Bonchev–Trinajstić information content (AvgIpc) is 3.31. The van der Waals surface area contributed by atoms with E-state index in [1.165, 1.54) is 110 Å². The number of amides is 1. The van der Waals surface area contributed by atoms with Crippen molar-refractivity contribution < 1.29 is 4.79 Å². The first-order chi connectivity index (χ1) is 16.6. The Morgan fingerprint density at radius 3 is 2.18 bits per heavy atom. The number of hydrogen-bond donors (Lipinski definition) is 2. The molecule has 5 fully saturated rings. The van der Waals surface area contributed by atoms with E-state index < -0.39 is 0 Å². The van der Waals surface area contributed by atoms with Crippen molar-refractivity contribution >= 4 is 5.91 Å². The van der Waals surface area contributed by atoms with Crippen LogP contribution in [0.4, 0.5) is 0 Å². The van der Waals surface area contributed by atoms with Crippen LogP contribution in [0.2, 0.25) is 0 Å². The lowest BCUT2D eigenvalue weighted by molar-refractivity contribution is -0.131. The van der Waals surface area contributed by atoms with Crippen LogP contribution in [0.15, 0.2) is 0 Å². The number of fused-ring (bicyclic) bond motifs is 1. The molecule has 6 nitrogen and oxygen atoms in total. The summed E-state index contributed by atoms with van der Waals surface area (Å²) in [5.74, 6) is 1.01. The van der Waals surface area contributed by atoms with Gasteiger partial charge in [-0.3, -0.25) is 9.69 Å². The highest BCUT2D eigenvalue weighted by Crippen LogP contribution is 2.37. The van der Waals surface area contributed by atoms with E-state index in [0.717, 1.165) is 24.5 Å². The Morgan fingerprint density at radius 1 is 0.765 bits per heavy atom. The zero-order chi connectivity index (χ0) is 23.5. The van der Waals surface area contributed by atoms with Crippen LogP contribution in [-0.4, -0.2) is 96.1 Å². The van der Waals surface area contributed by atoms with E-state index in [-0.39, 0.29) is 5.91 Å². The topological polar surface area (TPSA) is 50.9 Å². The van der Waals surface area contributed by atoms with Crippen LogP contribution in [0.3, 0.4) is 0 Å². The van der Waals surface area contributed by atoms with Crippen molar-refractivity contribution in [3.05, 3.63) is 0 Å². The van der Waals surface area contributed by atoms with Gasteiger partial charge in [0.2, 0.25) is 5.91 Å². The van der Waals surface area contributed by atoms with Gasteiger partial charge in [0, 0.05) is 75.9 Å². The number of nitrogens with one attached hydrogen (secondary N) is 2. The zero-order valence-corrected chi connectivity index (χ0v) is 22.0. The van der Waals surface area contributed by atoms with E-state index in [1.54, 1.807) is 6.92 Å². The molecule has 2 saturated heterocycles. The van der Waals surface area contributed by atoms with Gasteiger partial charge in [0.1, 0.15) is 0 Å². The van der Waals surface area contributed by atoms with Crippen LogP contribution >= 0.6 is 0 Å². The molecule has 5 atom stereocenters. The molecule has 6 heteroatoms. The van der Waals surface area contributed by atoms with Gasteiger partial charge in [-0.2, -0.15) is 0 Å². The Kier molecular flexibility index (Phi) is 8.50. The van der Waals surface area contributed by atoms with E-state index in [2.05, 4.69) is 32.3 Å². The molecule has 2 aliphatic heterocycles. The molecular formula is C28H51N5O. The van der Waals surface area contributed by atoms with Gasteiger partial charge >= 0.3 is 0 Å². The lowest BCUT2D eigenvalue weighted by Crippen LogP contribution is -2.57. The van der Waals surface area contributed by atoms with Crippen molar-refractivity contribution in [3.8, 4) is 0 Å². The summed E-state index contributed by atoms with van der Waals surface area (Å²) in [6, 6.07) is 3.81. The number of carbonyl (C=O) groups excluding carboxylic acids is 1. The van der Waals surface area contributed by atoms with Crippen molar-refractivity contribution in [3.63, 3.8) is 0 Å². The van der Waals surface area contributed by atoms with Gasteiger partial charge in [-0.15, -0.1) is 0 Å². The lowest BCUT2D eigenvalue weighted by atomic mass is 9.80. The second-order valence-electron chi connectivity index (χ2n) is 12.2. The minimum Gasteiger partial charge on any atom is -0.338 e. The smallest absolute Gasteiger partial charge is 0.219 e. The Labute approximate surface area is 208 Å². The summed E-state index contributed by atoms with van der Waals surface area (Å²) in [4.78, 5) is 19.8. The van der Waals surface area contributed by atoms with Gasteiger partial charge in [-0.05, 0) is 76.7 Å². The largest absolute Gasteiger partial charge is 0.338 e. The second kappa shape index (κ2) is 11.6. The highest BCUT2D eigenvalue weighted by Gasteiger charge is 2.43. The van der Waals surface area contributed by atoms with Gasteiger partial charge in [0.15, 0.2) is 0 Å². The molecule has 0 radical (unpaired) electrons. The fourth-order valence-electron chi connectivity index (χ4n) is 8.24. The molecule has 194 valence electrons. The standard InChI is InChI=1S/C28H51N5O/c1-3-31-16-18-32(19-17-31)26-12-10-23(11-13-26)29-24-7-5-8-25(20-24)30-27-9-4-6-22-14-15-33(21(2)34)28(22)27/h22-30H,3-20H2,1-2H3. The molecule has 1 amide bonds. The first-order valence-electron chi connectivity index (χ1n) is 14.9. The molecule has 5 unspecified atom stereocenters. The number of nitrogens with zero attached hydrogens (tertiary/aromatic N) is 3. The van der Waals surface area contributed by atoms with Crippen LogP contribution in [-0.2, 0) is 4.79 Å². The lowest BCUT2D eigenvalue weighted by Gasteiger charge is -2.44. The Morgan fingerprint density at radius 2 is 1.47 bits per heavy atom. The van der Waals surface area contributed by atoms with E-state index in [9.17, 15) is 4.79 Å². The third-order valence-electron chi connectivity index (χ3n) is 10.2. The highest BCUT2D eigenvalue weighted by atomic mass is 16.2. The van der Waals surface area contributed by atoms with Crippen molar-refractivity contribution in [1.29, 1.82) is 0 Å². The third kappa shape index (κ3) is 5.82. The fraction of sp³-hybridized carbons (Fsp3) is 0.964. The molecule has 3 aliphatic carbocycles. The molecule has 0 aromatic carbocycles. The third-order valence-corrected chi connectivity index (χ3v) is 10.2. The van der Waals surface area contributed by atoms with Crippen molar-refractivity contribution in [1.82, 2.24) is 25.3 Å². The average molecular weight is 474 g/mol. The van der Waals surface area contributed by atoms with E-state index in [1.807, 2.05) is 0 Å². The van der Waals surface area contributed by atoms with E-state index in [4.69, 9.17) is 0 Å². The van der Waals surface area contributed by atoms with Crippen LogP contribution < -0.4 is 10.6 Å². The molecule has 0 aromatic rings. The van der Waals surface area contributed by atoms with E-state index >= 15 is 0 Å². The number of likely N-dealkylation sites (N-methyl/N-ethyl adjacent to an activating group) is 1. The summed E-state index contributed by atoms with van der Waals surface area (Å²) in [5, 5.41) is 8.20. The molecule has 5 rings (SSSR count). The van der Waals surface area contributed by atoms with Gasteiger partial charge in [-0.25, -0.2) is 0 Å². The van der Waals surface area contributed by atoms with Gasteiger partial charge < -0.3 is 20.4 Å². The molecular weight excluding hydrogens is 422 g/mol. The maximum absolute atomic E-state index is 12.2. The molecule has 5 aliphatic rings. The quantitative estimate of drug-likeness (QED) is 0.620. The van der Waals surface area contributed by atoms with Crippen molar-refractivity contribution in [2.45, 2.75) is 127 Å². The number of piperazine rings is 1. The maximum Gasteiger partial charge on any atom is 0.219 e. The first-order valence-corrected chi connectivity index (χ1v) is 14.9. The van der Waals surface area contributed by atoms with Crippen LogP contribution in [0.25, 0.3) is 0 Å². The number of rotatable bonds is 6. The Balaban J connectivity index is 1.07. The molecule has 3 saturated carbocycles. The van der Waals surface area contributed by atoms with Gasteiger partial charge in [0.25, 0.3) is 0 Å². The zero-order valence-electron chi connectivity index (χ0n) is 22.0. The number of carbonyl (C=O) groups is 1. The molecule has 0 aromatic heterocycles. The van der Waals surface area contributed by atoms with Crippen LogP contribution in [0.1, 0.15) is 90.9 Å². The summed E-state index contributed by atoms with van der Waals surface area (Å²) in [7, 11) is 0. The number of likely N-dealkylation sites (tertiary alicyclic amines) is 1. The minimum atomic E-state index is 0.284. The normalized spacial score (nSPS) is 40.3. The molecule has 2 N–H and O–H groups in total. The summed E-state index contributed by atoms with van der Waals surface area (Å²) in [6.45, 7) is 11.3. The van der Waals surface area contributed by atoms with Crippen LogP contribution in [0.5, 0.6) is 0 Å². The molecule has 0 bridgehead atoms. The van der Waals surface area contributed by atoms with Gasteiger partial charge in [-0.1, -0.05) is 19.8 Å². The van der Waals surface area contributed by atoms with Crippen LogP contribution in [0, 0.1) is 5.92 Å². The first kappa shape index (κ1) is 25.0. The van der Waals surface area contributed by atoms with E-state index in [0.29, 0.717) is 24.2 Å². The Hall–Kier alpha value is -0.690. The summed E-state index contributed by atoms with van der Waals surface area (Å²) in [5.41, 5.74) is 0.